The lowest BCUT2D eigenvalue weighted by Gasteiger charge is -2.09. The molecule has 70 valence electrons. The minimum absolute atomic E-state index is 0. The van der Waals surface area contributed by atoms with Crippen molar-refractivity contribution in [2.75, 3.05) is 4.90 Å². The van der Waals surface area contributed by atoms with Crippen LogP contribution in [0.5, 0.6) is 0 Å². The Morgan fingerprint density at radius 2 is 1.85 bits per heavy atom. The summed E-state index contributed by atoms with van der Waals surface area (Å²) in [4.78, 5) is 21.3. The highest BCUT2D eigenvalue weighted by molar-refractivity contribution is 6.02. The van der Waals surface area contributed by atoms with E-state index < -0.39 is 6.09 Å². The van der Waals surface area contributed by atoms with Crippen molar-refractivity contribution in [1.29, 1.82) is 0 Å². The van der Waals surface area contributed by atoms with Crippen molar-refractivity contribution in [3.05, 3.63) is 30.3 Å². The Kier molecular flexibility index (Phi) is 4.54. The predicted octanol–water partition coefficient (Wildman–Crippen LogP) is 1.75. The average Bonchev–Trinajstić information content (AvgIpc) is 2.07. The standard InChI is InChI=1S/C8H7NO3.ClH/c10-6-9(8(11)12)7-4-2-1-3-5-7;/h1-6H,(H,11,12);1H. The van der Waals surface area contributed by atoms with Crippen LogP contribution < -0.4 is 4.90 Å². The Morgan fingerprint density at radius 3 is 2.23 bits per heavy atom. The lowest BCUT2D eigenvalue weighted by Crippen LogP contribution is -2.26. The van der Waals surface area contributed by atoms with Gasteiger partial charge in [0.1, 0.15) is 0 Å². The molecule has 0 fully saturated rings. The molecule has 1 rings (SSSR count). The zero-order valence-electron chi connectivity index (χ0n) is 6.58. The van der Waals surface area contributed by atoms with Crippen LogP contribution in [0.4, 0.5) is 10.5 Å². The topological polar surface area (TPSA) is 57.6 Å². The number of halogens is 1. The van der Waals surface area contributed by atoms with E-state index in [1.807, 2.05) is 0 Å². The second-order valence-electron chi connectivity index (χ2n) is 2.09. The molecule has 13 heavy (non-hydrogen) atoms. The van der Waals surface area contributed by atoms with Gasteiger partial charge in [-0.3, -0.25) is 4.79 Å². The van der Waals surface area contributed by atoms with Crippen molar-refractivity contribution in [1.82, 2.24) is 0 Å². The van der Waals surface area contributed by atoms with Crippen LogP contribution in [-0.2, 0) is 4.79 Å². The van der Waals surface area contributed by atoms with Crippen molar-refractivity contribution < 1.29 is 14.7 Å². The van der Waals surface area contributed by atoms with Gasteiger partial charge in [-0.1, -0.05) is 18.2 Å². The van der Waals surface area contributed by atoms with E-state index in [2.05, 4.69) is 0 Å². The number of benzene rings is 1. The summed E-state index contributed by atoms with van der Waals surface area (Å²) in [5.74, 6) is 0. The summed E-state index contributed by atoms with van der Waals surface area (Å²) in [6.07, 6.45) is -1.02. The second-order valence-corrected chi connectivity index (χ2v) is 2.09. The van der Waals surface area contributed by atoms with Gasteiger partial charge in [0.15, 0.2) is 0 Å². The summed E-state index contributed by atoms with van der Waals surface area (Å²) in [6, 6.07) is 8.16. The molecule has 4 nitrogen and oxygen atoms in total. The van der Waals surface area contributed by atoms with Gasteiger partial charge in [0, 0.05) is 0 Å². The monoisotopic (exact) mass is 201 g/mol. The molecule has 0 saturated carbocycles. The minimum Gasteiger partial charge on any atom is -0.464 e. The molecule has 0 unspecified atom stereocenters. The molecular formula is C8H8ClNO3. The highest BCUT2D eigenvalue weighted by atomic mass is 35.5. The van der Waals surface area contributed by atoms with Gasteiger partial charge >= 0.3 is 6.09 Å². The van der Waals surface area contributed by atoms with Gasteiger partial charge in [-0.25, -0.2) is 9.69 Å². The first kappa shape index (κ1) is 11.4. The van der Waals surface area contributed by atoms with Crippen molar-refractivity contribution in [3.63, 3.8) is 0 Å². The van der Waals surface area contributed by atoms with E-state index in [1.165, 1.54) is 0 Å². The number of nitrogens with zero attached hydrogens (tertiary/aromatic N) is 1. The van der Waals surface area contributed by atoms with Crippen molar-refractivity contribution in [2.45, 2.75) is 0 Å². The molecule has 0 heterocycles. The van der Waals surface area contributed by atoms with Gasteiger partial charge in [-0.05, 0) is 12.1 Å². The van der Waals surface area contributed by atoms with Crippen LogP contribution in [0.25, 0.3) is 0 Å². The smallest absolute Gasteiger partial charge is 0.418 e. The second kappa shape index (κ2) is 5.16. The normalized spacial score (nSPS) is 8.31. The van der Waals surface area contributed by atoms with E-state index in [-0.39, 0.29) is 18.8 Å². The molecule has 5 heteroatoms. The maximum atomic E-state index is 10.4. The molecule has 1 aromatic rings. The maximum absolute atomic E-state index is 10.4. The van der Waals surface area contributed by atoms with Crippen LogP contribution in [0.15, 0.2) is 30.3 Å². The predicted molar refractivity (Wildman–Crippen MR) is 50.3 cm³/mol. The molecule has 0 radical (unpaired) electrons. The van der Waals surface area contributed by atoms with E-state index in [9.17, 15) is 9.59 Å². The molecule has 0 atom stereocenters. The minimum atomic E-state index is -1.28. The van der Waals surface area contributed by atoms with Crippen LogP contribution >= 0.6 is 12.4 Å². The number of hydrogen-bond donors (Lipinski definition) is 1. The van der Waals surface area contributed by atoms with Gasteiger partial charge in [0.25, 0.3) is 0 Å². The summed E-state index contributed by atoms with van der Waals surface area (Å²) >= 11 is 0. The van der Waals surface area contributed by atoms with Crippen molar-refractivity contribution in [3.8, 4) is 0 Å². The first-order valence-electron chi connectivity index (χ1n) is 3.28. The fourth-order valence-corrected chi connectivity index (χ4v) is 0.805. The number of amides is 2. The van der Waals surface area contributed by atoms with Gasteiger partial charge in [-0.2, -0.15) is 0 Å². The number of anilines is 1. The Morgan fingerprint density at radius 1 is 1.31 bits per heavy atom. The fourth-order valence-electron chi connectivity index (χ4n) is 0.805. The number of carbonyl (C=O) groups excluding carboxylic acids is 1. The number of imide groups is 1. The number of carboxylic acid groups (broad SMARTS) is 1. The van der Waals surface area contributed by atoms with E-state index >= 15 is 0 Å². The summed E-state index contributed by atoms with van der Waals surface area (Å²) in [7, 11) is 0. The molecule has 0 aromatic heterocycles. The quantitative estimate of drug-likeness (QED) is 0.742. The molecular weight excluding hydrogens is 194 g/mol. The van der Waals surface area contributed by atoms with Crippen LogP contribution in [0.1, 0.15) is 0 Å². The average molecular weight is 202 g/mol. The highest BCUT2D eigenvalue weighted by Gasteiger charge is 2.11. The van der Waals surface area contributed by atoms with Gasteiger partial charge in [-0.15, -0.1) is 12.4 Å². The maximum Gasteiger partial charge on any atom is 0.418 e. The zero-order chi connectivity index (χ0) is 8.97. The first-order chi connectivity index (χ1) is 5.75. The highest BCUT2D eigenvalue weighted by Crippen LogP contribution is 2.10. The van der Waals surface area contributed by atoms with Gasteiger partial charge in [0.05, 0.1) is 5.69 Å². The first-order valence-corrected chi connectivity index (χ1v) is 3.28. The SMILES string of the molecule is Cl.O=CN(C(=O)O)c1ccccc1. The van der Waals surface area contributed by atoms with E-state index in [0.717, 1.165) is 0 Å². The third-order valence-corrected chi connectivity index (χ3v) is 1.35. The molecule has 0 bridgehead atoms. The number of carbonyl (C=O) groups is 2. The molecule has 1 aromatic carbocycles. The Bertz CT molecular complexity index is 289. The Hall–Kier alpha value is -1.55. The fraction of sp³-hybridized carbons (Fsp3) is 0. The number of rotatable bonds is 2. The zero-order valence-corrected chi connectivity index (χ0v) is 7.40. The molecule has 0 aliphatic carbocycles. The lowest BCUT2D eigenvalue weighted by atomic mass is 10.3. The van der Waals surface area contributed by atoms with Crippen molar-refractivity contribution in [2.24, 2.45) is 0 Å². The third kappa shape index (κ3) is 2.76. The molecule has 0 spiro atoms. The van der Waals surface area contributed by atoms with Gasteiger partial charge in [0.2, 0.25) is 6.41 Å². The Labute approximate surface area is 81.2 Å². The van der Waals surface area contributed by atoms with E-state index in [0.29, 0.717) is 10.6 Å². The van der Waals surface area contributed by atoms with E-state index in [1.54, 1.807) is 30.3 Å². The number of hydrogen-bond acceptors (Lipinski definition) is 2. The lowest BCUT2D eigenvalue weighted by molar-refractivity contribution is -0.107. The van der Waals surface area contributed by atoms with Crippen molar-refractivity contribution >= 4 is 30.6 Å². The van der Waals surface area contributed by atoms with E-state index in [4.69, 9.17) is 5.11 Å². The van der Waals surface area contributed by atoms with Crippen LogP contribution in [0, 0.1) is 0 Å². The summed E-state index contributed by atoms with van der Waals surface area (Å²) in [6.45, 7) is 0. The van der Waals surface area contributed by atoms with Gasteiger partial charge < -0.3 is 5.11 Å². The number of para-hydroxylation sites is 1. The van der Waals surface area contributed by atoms with Crippen LogP contribution in [0.3, 0.4) is 0 Å². The Balaban J connectivity index is 0.00000144. The summed E-state index contributed by atoms with van der Waals surface area (Å²) in [5.41, 5.74) is 0.347. The summed E-state index contributed by atoms with van der Waals surface area (Å²) in [5, 5.41) is 8.52. The molecule has 2 amide bonds. The largest absolute Gasteiger partial charge is 0.464 e. The molecule has 0 aliphatic heterocycles. The molecule has 0 aliphatic rings. The molecule has 0 saturated heterocycles. The third-order valence-electron chi connectivity index (χ3n) is 1.35. The van der Waals surface area contributed by atoms with Crippen LogP contribution in [0.2, 0.25) is 0 Å². The molecule has 1 N–H and O–H groups in total. The van der Waals surface area contributed by atoms with Crippen LogP contribution in [-0.4, -0.2) is 17.6 Å². The summed E-state index contributed by atoms with van der Waals surface area (Å²) < 4.78 is 0.